The molecule has 2 rings (SSSR count). The van der Waals surface area contributed by atoms with Crippen LogP contribution in [0.5, 0.6) is 0 Å². The van der Waals surface area contributed by atoms with Gasteiger partial charge < -0.3 is 10.1 Å². The van der Waals surface area contributed by atoms with Gasteiger partial charge in [-0.3, -0.25) is 14.4 Å². The number of halogens is 1. The van der Waals surface area contributed by atoms with Crippen LogP contribution in [-0.4, -0.2) is 39.2 Å². The molecule has 2 aromatic rings. The number of ketones is 1. The molecule has 0 aliphatic heterocycles. The van der Waals surface area contributed by atoms with Crippen LogP contribution in [0.3, 0.4) is 0 Å². The Balaban J connectivity index is 1.82. The minimum atomic E-state index is -3.88. The molecule has 1 heterocycles. The average molecular weight is 489 g/mol. The summed E-state index contributed by atoms with van der Waals surface area (Å²) in [5.41, 5.74) is 0. The maximum Gasteiger partial charge on any atom is 0.321 e. The number of Topliss-reactive ketones (excluding diaryl/α,β-unsaturated/α-hetero) is 1. The first-order chi connectivity index (χ1) is 13.2. The van der Waals surface area contributed by atoms with E-state index < -0.39 is 34.9 Å². The first kappa shape index (κ1) is 22.2. The minimum absolute atomic E-state index is 0.00367. The number of sulfonamides is 1. The molecule has 1 amide bonds. The third-order valence-corrected chi connectivity index (χ3v) is 6.34. The highest BCUT2D eigenvalue weighted by Crippen LogP contribution is 2.17. The van der Waals surface area contributed by atoms with Crippen molar-refractivity contribution in [2.75, 3.05) is 13.2 Å². The average Bonchev–Trinajstić information content (AvgIpc) is 3.12. The lowest BCUT2D eigenvalue weighted by atomic mass is 10.3. The van der Waals surface area contributed by atoms with Crippen LogP contribution in [0.15, 0.2) is 45.8 Å². The molecule has 11 heteroatoms. The zero-order valence-corrected chi connectivity index (χ0v) is 17.9. The molecule has 1 aromatic heterocycles. The SMILES string of the molecule is CC(=O)NCc1ccc(C(=O)COC(=O)CNS(=O)(=O)c2cccc(Br)c2)s1. The van der Waals surface area contributed by atoms with Gasteiger partial charge in [0.05, 0.1) is 16.3 Å². The minimum Gasteiger partial charge on any atom is -0.456 e. The summed E-state index contributed by atoms with van der Waals surface area (Å²) in [6, 6.07) is 9.28. The first-order valence-corrected chi connectivity index (χ1v) is 11.0. The number of esters is 1. The quantitative estimate of drug-likeness (QED) is 0.410. The lowest BCUT2D eigenvalue weighted by Gasteiger charge is -2.07. The number of rotatable bonds is 9. The number of benzene rings is 1. The van der Waals surface area contributed by atoms with Crippen LogP contribution in [0.25, 0.3) is 0 Å². The molecule has 0 saturated carbocycles. The summed E-state index contributed by atoms with van der Waals surface area (Å²) in [6.07, 6.45) is 0. The number of carbonyl (C=O) groups is 3. The molecule has 0 unspecified atom stereocenters. The van der Waals surface area contributed by atoms with Gasteiger partial charge in [0.15, 0.2) is 6.61 Å². The van der Waals surface area contributed by atoms with E-state index in [4.69, 9.17) is 4.74 Å². The van der Waals surface area contributed by atoms with Gasteiger partial charge in [-0.05, 0) is 30.3 Å². The Bertz CT molecular complexity index is 987. The molecule has 0 radical (unpaired) electrons. The lowest BCUT2D eigenvalue weighted by molar-refractivity contribution is -0.141. The summed E-state index contributed by atoms with van der Waals surface area (Å²) in [7, 11) is -3.88. The Morgan fingerprint density at radius 2 is 1.93 bits per heavy atom. The van der Waals surface area contributed by atoms with E-state index in [2.05, 4.69) is 26.0 Å². The molecule has 0 bridgehead atoms. The third-order valence-electron chi connectivity index (χ3n) is 3.33. The van der Waals surface area contributed by atoms with Crippen molar-refractivity contribution in [3.63, 3.8) is 0 Å². The van der Waals surface area contributed by atoms with Crippen LogP contribution in [0, 0.1) is 0 Å². The molecule has 0 atom stereocenters. The summed E-state index contributed by atoms with van der Waals surface area (Å²) in [6.45, 7) is 0.603. The molecule has 0 fully saturated rings. The summed E-state index contributed by atoms with van der Waals surface area (Å²) in [5.74, 6) is -1.47. The molecular weight excluding hydrogens is 472 g/mol. The molecule has 0 spiro atoms. The molecule has 2 N–H and O–H groups in total. The Kier molecular flexibility index (Phi) is 7.87. The summed E-state index contributed by atoms with van der Waals surface area (Å²) >= 11 is 4.35. The second-order valence-electron chi connectivity index (χ2n) is 5.54. The number of ether oxygens (including phenoxy) is 1. The second-order valence-corrected chi connectivity index (χ2v) is 9.39. The zero-order chi connectivity index (χ0) is 20.7. The molecule has 0 aliphatic rings. The van der Waals surface area contributed by atoms with E-state index in [1.165, 1.54) is 30.4 Å². The van der Waals surface area contributed by atoms with Gasteiger partial charge in [0.2, 0.25) is 21.7 Å². The van der Waals surface area contributed by atoms with Gasteiger partial charge in [0.1, 0.15) is 6.54 Å². The van der Waals surface area contributed by atoms with E-state index in [9.17, 15) is 22.8 Å². The van der Waals surface area contributed by atoms with E-state index in [-0.39, 0.29) is 10.8 Å². The number of amides is 1. The highest BCUT2D eigenvalue weighted by atomic mass is 79.9. The molecule has 0 aliphatic carbocycles. The summed E-state index contributed by atoms with van der Waals surface area (Å²) in [4.78, 5) is 35.9. The Labute approximate surface area is 174 Å². The van der Waals surface area contributed by atoms with Gasteiger partial charge in [-0.1, -0.05) is 22.0 Å². The van der Waals surface area contributed by atoms with Crippen molar-refractivity contribution in [1.82, 2.24) is 10.0 Å². The molecule has 150 valence electrons. The Morgan fingerprint density at radius 3 is 2.61 bits per heavy atom. The van der Waals surface area contributed by atoms with Crippen molar-refractivity contribution >= 4 is 54.9 Å². The monoisotopic (exact) mass is 488 g/mol. The number of carbonyl (C=O) groups excluding carboxylic acids is 3. The van der Waals surface area contributed by atoms with Crippen molar-refractivity contribution < 1.29 is 27.5 Å². The molecule has 1 aromatic carbocycles. The highest BCUT2D eigenvalue weighted by molar-refractivity contribution is 9.10. The fraction of sp³-hybridized carbons (Fsp3) is 0.235. The van der Waals surface area contributed by atoms with E-state index in [0.29, 0.717) is 15.9 Å². The van der Waals surface area contributed by atoms with Crippen LogP contribution in [0.4, 0.5) is 0 Å². The lowest BCUT2D eigenvalue weighted by Crippen LogP contribution is -2.31. The molecule has 8 nitrogen and oxygen atoms in total. The van der Waals surface area contributed by atoms with E-state index in [1.54, 1.807) is 24.3 Å². The first-order valence-electron chi connectivity index (χ1n) is 7.94. The zero-order valence-electron chi connectivity index (χ0n) is 14.7. The van der Waals surface area contributed by atoms with Crippen molar-refractivity contribution in [3.05, 3.63) is 50.6 Å². The number of thiophene rings is 1. The van der Waals surface area contributed by atoms with Gasteiger partial charge in [-0.2, -0.15) is 4.72 Å². The van der Waals surface area contributed by atoms with Crippen LogP contribution in [-0.2, 0) is 30.9 Å². The fourth-order valence-electron chi connectivity index (χ4n) is 1.97. The van der Waals surface area contributed by atoms with E-state index in [1.807, 2.05) is 0 Å². The van der Waals surface area contributed by atoms with Crippen molar-refractivity contribution in [2.45, 2.75) is 18.4 Å². The number of hydrogen-bond acceptors (Lipinski definition) is 7. The van der Waals surface area contributed by atoms with E-state index >= 15 is 0 Å². The summed E-state index contributed by atoms with van der Waals surface area (Å²) < 4.78 is 31.8. The van der Waals surface area contributed by atoms with Gasteiger partial charge in [0.25, 0.3) is 0 Å². The fourth-order valence-corrected chi connectivity index (χ4v) is 4.41. The van der Waals surface area contributed by atoms with Gasteiger partial charge >= 0.3 is 5.97 Å². The molecular formula is C17H17BrN2O6S2. The largest absolute Gasteiger partial charge is 0.456 e. The maximum absolute atomic E-state index is 12.1. The molecule has 28 heavy (non-hydrogen) atoms. The number of hydrogen-bond donors (Lipinski definition) is 2. The highest BCUT2D eigenvalue weighted by Gasteiger charge is 2.17. The predicted octanol–water partition coefficient (Wildman–Crippen LogP) is 1.85. The van der Waals surface area contributed by atoms with Crippen molar-refractivity contribution in [1.29, 1.82) is 0 Å². The standard InChI is InChI=1S/C17H17BrN2O6S2/c1-11(21)19-8-13-5-6-16(27-13)15(22)10-26-17(23)9-20-28(24,25)14-4-2-3-12(18)7-14/h2-7,20H,8-10H2,1H3,(H,19,21). The number of nitrogens with one attached hydrogen (secondary N) is 2. The van der Waals surface area contributed by atoms with Crippen molar-refractivity contribution in [3.8, 4) is 0 Å². The molecule has 0 saturated heterocycles. The summed E-state index contributed by atoms with van der Waals surface area (Å²) in [5, 5.41) is 2.62. The second kappa shape index (κ2) is 9.92. The van der Waals surface area contributed by atoms with E-state index in [0.717, 1.165) is 4.88 Å². The van der Waals surface area contributed by atoms with Gasteiger partial charge in [0, 0.05) is 16.3 Å². The topological polar surface area (TPSA) is 119 Å². The smallest absolute Gasteiger partial charge is 0.321 e. The van der Waals surface area contributed by atoms with Crippen LogP contribution < -0.4 is 10.0 Å². The van der Waals surface area contributed by atoms with Crippen molar-refractivity contribution in [2.24, 2.45) is 0 Å². The third kappa shape index (κ3) is 6.82. The predicted molar refractivity (Wildman–Crippen MR) is 106 cm³/mol. The van der Waals surface area contributed by atoms with Crippen LogP contribution in [0.1, 0.15) is 21.5 Å². The normalized spacial score (nSPS) is 11.1. The van der Waals surface area contributed by atoms with Gasteiger partial charge in [-0.25, -0.2) is 8.42 Å². The van der Waals surface area contributed by atoms with Crippen LogP contribution in [0.2, 0.25) is 0 Å². The van der Waals surface area contributed by atoms with Crippen LogP contribution >= 0.6 is 27.3 Å². The maximum atomic E-state index is 12.1. The van der Waals surface area contributed by atoms with Gasteiger partial charge in [-0.15, -0.1) is 11.3 Å². The Hall–Kier alpha value is -2.08. The Morgan fingerprint density at radius 1 is 1.18 bits per heavy atom.